The molecule has 2 aromatic rings. The lowest BCUT2D eigenvalue weighted by atomic mass is 9.91. The lowest BCUT2D eigenvalue weighted by Gasteiger charge is -2.25. The summed E-state index contributed by atoms with van der Waals surface area (Å²) < 4.78 is 2.04. The van der Waals surface area contributed by atoms with Crippen LogP contribution in [0.2, 0.25) is 0 Å². The predicted octanol–water partition coefficient (Wildman–Crippen LogP) is 1.82. The van der Waals surface area contributed by atoms with Crippen molar-refractivity contribution < 1.29 is 0 Å². The minimum absolute atomic E-state index is 0.298. The number of rotatable bonds is 5. The lowest BCUT2D eigenvalue weighted by Crippen LogP contribution is -2.30. The SMILES string of the molecule is CCC(CN)C(NC)c1ccc2c(c1)ncn2C. The van der Waals surface area contributed by atoms with Crippen LogP contribution < -0.4 is 11.1 Å². The van der Waals surface area contributed by atoms with Crippen LogP contribution in [0.5, 0.6) is 0 Å². The summed E-state index contributed by atoms with van der Waals surface area (Å²) in [5.74, 6) is 0.455. The third kappa shape index (κ3) is 2.26. The van der Waals surface area contributed by atoms with Gasteiger partial charge in [0, 0.05) is 13.1 Å². The summed E-state index contributed by atoms with van der Waals surface area (Å²) in [7, 11) is 4.00. The van der Waals surface area contributed by atoms with Crippen molar-refractivity contribution in [1.29, 1.82) is 0 Å². The number of fused-ring (bicyclic) bond motifs is 1. The highest BCUT2D eigenvalue weighted by molar-refractivity contribution is 5.76. The normalized spacial score (nSPS) is 14.9. The molecule has 0 saturated heterocycles. The number of benzene rings is 1. The van der Waals surface area contributed by atoms with Crippen LogP contribution in [0.3, 0.4) is 0 Å². The third-order valence-corrected chi connectivity index (χ3v) is 3.72. The average Bonchev–Trinajstić information content (AvgIpc) is 2.77. The molecule has 0 saturated carbocycles. The fourth-order valence-corrected chi connectivity index (χ4v) is 2.56. The maximum Gasteiger partial charge on any atom is 0.0955 e. The van der Waals surface area contributed by atoms with Gasteiger partial charge in [0.15, 0.2) is 0 Å². The molecule has 1 aromatic heterocycles. The first-order valence-corrected chi connectivity index (χ1v) is 6.49. The van der Waals surface area contributed by atoms with Gasteiger partial charge in [0.2, 0.25) is 0 Å². The van der Waals surface area contributed by atoms with Crippen LogP contribution in [-0.2, 0) is 7.05 Å². The van der Waals surface area contributed by atoms with E-state index in [1.54, 1.807) is 0 Å². The topological polar surface area (TPSA) is 55.9 Å². The van der Waals surface area contributed by atoms with Crippen LogP contribution in [0, 0.1) is 5.92 Å². The molecule has 0 amide bonds. The van der Waals surface area contributed by atoms with Gasteiger partial charge in [-0.1, -0.05) is 19.4 Å². The summed E-state index contributed by atoms with van der Waals surface area (Å²) in [4.78, 5) is 4.41. The van der Waals surface area contributed by atoms with E-state index in [9.17, 15) is 0 Å². The van der Waals surface area contributed by atoms with E-state index in [4.69, 9.17) is 5.73 Å². The molecule has 1 aromatic carbocycles. The first kappa shape index (κ1) is 13.1. The smallest absolute Gasteiger partial charge is 0.0955 e. The van der Waals surface area contributed by atoms with E-state index in [1.807, 2.05) is 25.0 Å². The van der Waals surface area contributed by atoms with Crippen LogP contribution >= 0.6 is 0 Å². The second-order valence-corrected chi connectivity index (χ2v) is 4.77. The summed E-state index contributed by atoms with van der Waals surface area (Å²) in [5.41, 5.74) is 9.32. The highest BCUT2D eigenvalue weighted by atomic mass is 15.0. The molecule has 0 aliphatic carbocycles. The molecule has 2 atom stereocenters. The molecule has 1 heterocycles. The molecule has 98 valence electrons. The molecule has 0 aliphatic heterocycles. The van der Waals surface area contributed by atoms with E-state index in [2.05, 4.69) is 35.4 Å². The summed E-state index contributed by atoms with van der Waals surface area (Å²) in [6, 6.07) is 6.76. The fraction of sp³-hybridized carbons (Fsp3) is 0.500. The number of nitrogens with one attached hydrogen (secondary N) is 1. The molecular formula is C14H22N4. The number of nitrogens with zero attached hydrogens (tertiary/aromatic N) is 2. The van der Waals surface area contributed by atoms with Crippen molar-refractivity contribution in [3.8, 4) is 0 Å². The Balaban J connectivity index is 2.39. The number of hydrogen-bond acceptors (Lipinski definition) is 3. The summed E-state index contributed by atoms with van der Waals surface area (Å²) in [5, 5.41) is 3.38. The number of imidazole rings is 1. The van der Waals surface area contributed by atoms with Crippen molar-refractivity contribution in [1.82, 2.24) is 14.9 Å². The Morgan fingerprint density at radius 2 is 2.22 bits per heavy atom. The first-order valence-electron chi connectivity index (χ1n) is 6.49. The largest absolute Gasteiger partial charge is 0.334 e. The van der Waals surface area contributed by atoms with Gasteiger partial charge in [0.25, 0.3) is 0 Å². The van der Waals surface area contributed by atoms with Gasteiger partial charge in [-0.3, -0.25) is 0 Å². The molecule has 4 nitrogen and oxygen atoms in total. The highest BCUT2D eigenvalue weighted by Crippen LogP contribution is 2.26. The monoisotopic (exact) mass is 246 g/mol. The van der Waals surface area contributed by atoms with Crippen molar-refractivity contribution >= 4 is 11.0 Å². The molecule has 0 bridgehead atoms. The highest BCUT2D eigenvalue weighted by Gasteiger charge is 2.19. The molecular weight excluding hydrogens is 224 g/mol. The van der Waals surface area contributed by atoms with Gasteiger partial charge in [-0.05, 0) is 37.2 Å². The minimum atomic E-state index is 0.298. The summed E-state index contributed by atoms with van der Waals surface area (Å²) in [6.07, 6.45) is 2.92. The van der Waals surface area contributed by atoms with Crippen molar-refractivity contribution in [3.63, 3.8) is 0 Å². The maximum atomic E-state index is 5.85. The Morgan fingerprint density at radius 3 is 2.83 bits per heavy atom. The summed E-state index contributed by atoms with van der Waals surface area (Å²) >= 11 is 0. The molecule has 0 spiro atoms. The van der Waals surface area contributed by atoms with Crippen molar-refractivity contribution in [2.24, 2.45) is 18.7 Å². The van der Waals surface area contributed by atoms with Gasteiger partial charge in [-0.15, -0.1) is 0 Å². The van der Waals surface area contributed by atoms with Gasteiger partial charge < -0.3 is 15.6 Å². The van der Waals surface area contributed by atoms with Crippen molar-refractivity contribution in [2.75, 3.05) is 13.6 Å². The Kier molecular flexibility index (Phi) is 3.99. The molecule has 2 rings (SSSR count). The van der Waals surface area contributed by atoms with E-state index >= 15 is 0 Å². The van der Waals surface area contributed by atoms with E-state index in [0.717, 1.165) is 17.5 Å². The third-order valence-electron chi connectivity index (χ3n) is 3.72. The second-order valence-electron chi connectivity index (χ2n) is 4.77. The zero-order valence-corrected chi connectivity index (χ0v) is 11.4. The molecule has 0 fully saturated rings. The number of aryl methyl sites for hydroxylation is 1. The zero-order chi connectivity index (χ0) is 13.1. The van der Waals surface area contributed by atoms with Crippen LogP contribution in [-0.4, -0.2) is 23.1 Å². The van der Waals surface area contributed by atoms with Crippen molar-refractivity contribution in [2.45, 2.75) is 19.4 Å². The van der Waals surface area contributed by atoms with E-state index in [0.29, 0.717) is 18.5 Å². The van der Waals surface area contributed by atoms with E-state index in [-0.39, 0.29) is 0 Å². The van der Waals surface area contributed by atoms with Gasteiger partial charge >= 0.3 is 0 Å². The van der Waals surface area contributed by atoms with Gasteiger partial charge in [-0.25, -0.2) is 4.98 Å². The molecule has 0 aliphatic rings. The predicted molar refractivity (Wildman–Crippen MR) is 75.4 cm³/mol. The lowest BCUT2D eigenvalue weighted by molar-refractivity contribution is 0.378. The Labute approximate surface area is 108 Å². The zero-order valence-electron chi connectivity index (χ0n) is 11.4. The second kappa shape index (κ2) is 5.50. The quantitative estimate of drug-likeness (QED) is 0.846. The number of nitrogens with two attached hydrogens (primary N) is 1. The van der Waals surface area contributed by atoms with E-state index in [1.165, 1.54) is 5.56 Å². The van der Waals surface area contributed by atoms with Crippen molar-refractivity contribution in [3.05, 3.63) is 30.1 Å². The molecule has 2 unspecified atom stereocenters. The van der Waals surface area contributed by atoms with Gasteiger partial charge in [0.1, 0.15) is 0 Å². The number of hydrogen-bond donors (Lipinski definition) is 2. The average molecular weight is 246 g/mol. The standard InChI is InChI=1S/C14H22N4/c1-4-10(8-15)14(16-2)11-5-6-13-12(7-11)17-9-18(13)3/h5-7,9-10,14,16H,4,8,15H2,1-3H3. The summed E-state index contributed by atoms with van der Waals surface area (Å²) in [6.45, 7) is 2.88. The Morgan fingerprint density at radius 1 is 1.44 bits per heavy atom. The van der Waals surface area contributed by atoms with Crippen LogP contribution in [0.4, 0.5) is 0 Å². The van der Waals surface area contributed by atoms with Gasteiger partial charge in [0.05, 0.1) is 17.4 Å². The molecule has 3 N–H and O–H groups in total. The Bertz CT molecular complexity index is 513. The number of aromatic nitrogens is 2. The molecule has 4 heteroatoms. The van der Waals surface area contributed by atoms with E-state index < -0.39 is 0 Å². The molecule has 0 radical (unpaired) electrons. The van der Waals surface area contributed by atoms with Crippen LogP contribution in [0.15, 0.2) is 24.5 Å². The fourth-order valence-electron chi connectivity index (χ4n) is 2.56. The van der Waals surface area contributed by atoms with Crippen LogP contribution in [0.1, 0.15) is 24.9 Å². The first-order chi connectivity index (χ1) is 8.71. The van der Waals surface area contributed by atoms with Gasteiger partial charge in [-0.2, -0.15) is 0 Å². The van der Waals surface area contributed by atoms with Crippen LogP contribution in [0.25, 0.3) is 11.0 Å². The minimum Gasteiger partial charge on any atom is -0.334 e. The molecule has 18 heavy (non-hydrogen) atoms. The Hall–Kier alpha value is -1.39. The maximum absolute atomic E-state index is 5.85.